The zero-order valence-electron chi connectivity index (χ0n) is 7.64. The molecule has 2 aromatic rings. The predicted octanol–water partition coefficient (Wildman–Crippen LogP) is 2.08. The first-order valence-corrected chi connectivity index (χ1v) is 4.18. The Balaban J connectivity index is 2.65. The van der Waals surface area contributed by atoms with Gasteiger partial charge in [-0.15, -0.1) is 0 Å². The van der Waals surface area contributed by atoms with Crippen molar-refractivity contribution in [3.63, 3.8) is 0 Å². The molecule has 0 unspecified atom stereocenters. The van der Waals surface area contributed by atoms with Crippen LogP contribution in [0, 0.1) is 22.7 Å². The van der Waals surface area contributed by atoms with Gasteiger partial charge in [-0.2, -0.15) is 10.5 Å². The van der Waals surface area contributed by atoms with Crippen LogP contribution in [0.4, 0.5) is 0 Å². The van der Waals surface area contributed by atoms with Crippen LogP contribution < -0.4 is 0 Å². The van der Waals surface area contributed by atoms with Gasteiger partial charge in [-0.25, -0.2) is 4.98 Å². The van der Waals surface area contributed by atoms with Gasteiger partial charge in [0.2, 0.25) is 0 Å². The Morgan fingerprint density at radius 2 is 2.07 bits per heavy atom. The van der Waals surface area contributed by atoms with E-state index in [1.807, 2.05) is 12.1 Å². The van der Waals surface area contributed by atoms with Gasteiger partial charge < -0.3 is 4.42 Å². The van der Waals surface area contributed by atoms with Crippen molar-refractivity contribution in [2.24, 2.45) is 0 Å². The van der Waals surface area contributed by atoms with Gasteiger partial charge in [0.05, 0.1) is 23.3 Å². The highest BCUT2D eigenvalue weighted by Gasteiger charge is 2.08. The summed E-state index contributed by atoms with van der Waals surface area (Å²) >= 11 is 0. The quantitative estimate of drug-likeness (QED) is 0.698. The predicted molar refractivity (Wildman–Crippen MR) is 51.4 cm³/mol. The molecule has 0 aliphatic carbocycles. The molecule has 1 aromatic heterocycles. The number of nitrogens with zero attached hydrogens (tertiary/aromatic N) is 3. The molecule has 2 rings (SSSR count). The van der Waals surface area contributed by atoms with Crippen molar-refractivity contribution in [2.45, 2.75) is 0 Å². The summed E-state index contributed by atoms with van der Waals surface area (Å²) in [5, 5.41) is 17.6. The summed E-state index contributed by atoms with van der Waals surface area (Å²) in [5.41, 5.74) is 2.14. The zero-order valence-corrected chi connectivity index (χ0v) is 7.64. The third kappa shape index (κ3) is 1.56. The third-order valence-corrected chi connectivity index (χ3v) is 1.98. The van der Waals surface area contributed by atoms with Crippen molar-refractivity contribution in [1.82, 2.24) is 4.98 Å². The summed E-state index contributed by atoms with van der Waals surface area (Å²) in [4.78, 5) is 3.94. The topological polar surface area (TPSA) is 73.6 Å². The molecule has 4 nitrogen and oxygen atoms in total. The number of hydrogen-bond donors (Lipinski definition) is 0. The average molecular weight is 195 g/mol. The highest BCUT2D eigenvalue weighted by molar-refractivity contribution is 5.68. The maximum Gasteiger partial charge on any atom is 0.181 e. The van der Waals surface area contributed by atoms with Crippen LogP contribution in [0.15, 0.2) is 35.3 Å². The van der Waals surface area contributed by atoms with E-state index in [9.17, 15) is 0 Å². The SMILES string of the molecule is N#Cc1ccc(C#N)c(-c2cocn2)c1. The van der Waals surface area contributed by atoms with E-state index in [1.165, 1.54) is 12.7 Å². The fraction of sp³-hybridized carbons (Fsp3) is 0. The standard InChI is InChI=1S/C11H5N3O/c12-4-8-1-2-9(5-13)10(3-8)11-6-15-7-14-11/h1-3,6-7H. The van der Waals surface area contributed by atoms with Crippen LogP contribution in [-0.2, 0) is 0 Å². The van der Waals surface area contributed by atoms with Crippen LogP contribution in [-0.4, -0.2) is 4.98 Å². The summed E-state index contributed by atoms with van der Waals surface area (Å²) in [6, 6.07) is 8.88. The Hall–Kier alpha value is -2.59. The Labute approximate surface area is 86.0 Å². The summed E-state index contributed by atoms with van der Waals surface area (Å²) in [6.07, 6.45) is 2.73. The van der Waals surface area contributed by atoms with Crippen LogP contribution in [0.2, 0.25) is 0 Å². The minimum atomic E-state index is 0.475. The number of rotatable bonds is 1. The van der Waals surface area contributed by atoms with Crippen molar-refractivity contribution in [1.29, 1.82) is 10.5 Å². The third-order valence-electron chi connectivity index (χ3n) is 1.98. The van der Waals surface area contributed by atoms with E-state index in [0.717, 1.165) is 0 Å². The number of hydrogen-bond acceptors (Lipinski definition) is 4. The molecule has 0 spiro atoms. The van der Waals surface area contributed by atoms with Crippen LogP contribution in [0.3, 0.4) is 0 Å². The fourth-order valence-electron chi connectivity index (χ4n) is 1.27. The average Bonchev–Trinajstić information content (AvgIpc) is 2.81. The lowest BCUT2D eigenvalue weighted by atomic mass is 10.0. The molecule has 1 aromatic carbocycles. The van der Waals surface area contributed by atoms with Gasteiger partial charge in [-0.05, 0) is 18.2 Å². The second-order valence-electron chi connectivity index (χ2n) is 2.86. The van der Waals surface area contributed by atoms with Gasteiger partial charge >= 0.3 is 0 Å². The molecule has 1 heterocycles. The lowest BCUT2D eigenvalue weighted by molar-refractivity contribution is 0.558. The first-order chi connectivity index (χ1) is 7.35. The van der Waals surface area contributed by atoms with E-state index in [2.05, 4.69) is 4.98 Å². The molecule has 15 heavy (non-hydrogen) atoms. The smallest absolute Gasteiger partial charge is 0.181 e. The Morgan fingerprint density at radius 3 is 2.67 bits per heavy atom. The lowest BCUT2D eigenvalue weighted by Crippen LogP contribution is -1.86. The summed E-state index contributed by atoms with van der Waals surface area (Å²) < 4.78 is 4.84. The molecule has 4 heteroatoms. The van der Waals surface area contributed by atoms with Crippen LogP contribution in [0.5, 0.6) is 0 Å². The molecule has 0 saturated carbocycles. The van der Waals surface area contributed by atoms with Gasteiger partial charge in [0.15, 0.2) is 6.39 Å². The van der Waals surface area contributed by atoms with Gasteiger partial charge in [0.1, 0.15) is 12.0 Å². The minimum absolute atomic E-state index is 0.475. The monoisotopic (exact) mass is 195 g/mol. The van der Waals surface area contributed by atoms with Crippen molar-refractivity contribution in [2.75, 3.05) is 0 Å². The first kappa shape index (κ1) is 8.98. The molecule has 0 N–H and O–H groups in total. The zero-order chi connectivity index (χ0) is 10.7. The molecule has 0 bridgehead atoms. The lowest BCUT2D eigenvalue weighted by Gasteiger charge is -1.99. The normalized spacial score (nSPS) is 9.20. The summed E-state index contributed by atoms with van der Waals surface area (Å²) in [6.45, 7) is 0. The highest BCUT2D eigenvalue weighted by atomic mass is 16.3. The fourth-order valence-corrected chi connectivity index (χ4v) is 1.27. The van der Waals surface area contributed by atoms with Crippen LogP contribution in [0.1, 0.15) is 11.1 Å². The van der Waals surface area contributed by atoms with Gasteiger partial charge in [0.25, 0.3) is 0 Å². The number of nitriles is 2. The second-order valence-corrected chi connectivity index (χ2v) is 2.86. The highest BCUT2D eigenvalue weighted by Crippen LogP contribution is 2.22. The van der Waals surface area contributed by atoms with E-state index >= 15 is 0 Å². The molecular formula is C11H5N3O. The number of aromatic nitrogens is 1. The summed E-state index contributed by atoms with van der Waals surface area (Å²) in [7, 11) is 0. The molecule has 0 amide bonds. The van der Waals surface area contributed by atoms with E-state index in [-0.39, 0.29) is 0 Å². The Bertz CT molecular complexity index is 559. The molecule has 0 radical (unpaired) electrons. The minimum Gasteiger partial charge on any atom is -0.451 e. The number of benzene rings is 1. The first-order valence-electron chi connectivity index (χ1n) is 4.18. The molecule has 70 valence electrons. The molecular weight excluding hydrogens is 190 g/mol. The van der Waals surface area contributed by atoms with E-state index in [4.69, 9.17) is 14.9 Å². The van der Waals surface area contributed by atoms with Crippen molar-refractivity contribution >= 4 is 0 Å². The van der Waals surface area contributed by atoms with Crippen LogP contribution in [0.25, 0.3) is 11.3 Å². The van der Waals surface area contributed by atoms with E-state index in [1.54, 1.807) is 18.2 Å². The van der Waals surface area contributed by atoms with Crippen molar-refractivity contribution < 1.29 is 4.42 Å². The molecule has 0 aliphatic heterocycles. The van der Waals surface area contributed by atoms with Crippen molar-refractivity contribution in [3.8, 4) is 23.4 Å². The maximum atomic E-state index is 8.89. The van der Waals surface area contributed by atoms with Gasteiger partial charge in [-0.1, -0.05) is 0 Å². The Morgan fingerprint density at radius 1 is 1.20 bits per heavy atom. The van der Waals surface area contributed by atoms with Gasteiger partial charge in [0, 0.05) is 5.56 Å². The molecule has 0 fully saturated rings. The van der Waals surface area contributed by atoms with Crippen LogP contribution >= 0.6 is 0 Å². The largest absolute Gasteiger partial charge is 0.451 e. The van der Waals surface area contributed by atoms with E-state index < -0.39 is 0 Å². The van der Waals surface area contributed by atoms with Gasteiger partial charge in [-0.3, -0.25) is 0 Å². The van der Waals surface area contributed by atoms with Crippen molar-refractivity contribution in [3.05, 3.63) is 42.0 Å². The second kappa shape index (κ2) is 3.65. The Kier molecular flexibility index (Phi) is 2.19. The number of oxazole rings is 1. The van der Waals surface area contributed by atoms with E-state index in [0.29, 0.717) is 22.4 Å². The molecule has 0 atom stereocenters. The molecule has 0 saturated heterocycles. The summed E-state index contributed by atoms with van der Waals surface area (Å²) in [5.74, 6) is 0. The maximum absolute atomic E-state index is 8.89. The molecule has 0 aliphatic rings.